The number of fused-ring (bicyclic) bond motifs is 4. The van der Waals surface area contributed by atoms with E-state index < -0.39 is 16.9 Å². The fraction of sp³-hybridized carbons (Fsp3) is 0.438. The summed E-state index contributed by atoms with van der Waals surface area (Å²) >= 11 is 3.57. The van der Waals surface area contributed by atoms with Crippen LogP contribution in [0.3, 0.4) is 0 Å². The van der Waals surface area contributed by atoms with Crippen molar-refractivity contribution in [2.75, 3.05) is 0 Å². The number of hydrogen-bond donors (Lipinski definition) is 2. The lowest BCUT2D eigenvalue weighted by Gasteiger charge is -2.51. The number of nitrogens with zero attached hydrogens (tertiary/aromatic N) is 2. The number of nitrogens with one attached hydrogen (secondary N) is 1. The summed E-state index contributed by atoms with van der Waals surface area (Å²) in [4.78, 5) is 37.6. The number of oxime groups is 1. The Kier molecular flexibility index (Phi) is 7.15. The Morgan fingerprint density at radius 3 is 2.48 bits per heavy atom. The van der Waals surface area contributed by atoms with Crippen LogP contribution in [0.4, 0.5) is 0 Å². The Morgan fingerprint density at radius 2 is 1.77 bits per heavy atom. The Morgan fingerprint density at radius 1 is 1.05 bits per heavy atom. The van der Waals surface area contributed by atoms with Gasteiger partial charge in [0.05, 0.1) is 33.4 Å². The number of carboxylic acid groups (broad SMARTS) is 1. The largest absolute Gasteiger partial charge is 0.481 e. The van der Waals surface area contributed by atoms with Crippen molar-refractivity contribution in [1.29, 1.82) is 0 Å². The van der Waals surface area contributed by atoms with Crippen molar-refractivity contribution in [2.24, 2.45) is 10.6 Å². The number of hydrogen-bond acceptors (Lipinski definition) is 5. The van der Waals surface area contributed by atoms with E-state index in [1.54, 1.807) is 0 Å². The smallest absolute Gasteiger partial charge is 0.310 e. The van der Waals surface area contributed by atoms with Crippen molar-refractivity contribution >= 4 is 44.4 Å². The Labute approximate surface area is 242 Å². The van der Waals surface area contributed by atoms with Crippen LogP contribution in [0, 0.1) is 12.3 Å². The van der Waals surface area contributed by atoms with Gasteiger partial charge in [0, 0.05) is 21.8 Å². The van der Waals surface area contributed by atoms with Crippen LogP contribution >= 0.6 is 15.9 Å². The van der Waals surface area contributed by atoms with E-state index in [-0.39, 0.29) is 12.0 Å². The van der Waals surface area contributed by atoms with Gasteiger partial charge in [0.2, 0.25) is 0 Å². The highest BCUT2D eigenvalue weighted by Gasteiger charge is 2.57. The molecule has 3 aromatic rings. The molecule has 1 heterocycles. The molecular formula is C32H34BrN3O4. The number of amides is 1. The molecule has 4 fully saturated rings. The maximum atomic E-state index is 14.3. The van der Waals surface area contributed by atoms with Crippen molar-refractivity contribution in [3.63, 3.8) is 0 Å². The summed E-state index contributed by atoms with van der Waals surface area (Å²) in [5.41, 5.74) is 2.91. The van der Waals surface area contributed by atoms with Gasteiger partial charge < -0.3 is 15.3 Å². The van der Waals surface area contributed by atoms with Crippen LogP contribution in [0.25, 0.3) is 22.2 Å². The second-order valence-corrected chi connectivity index (χ2v) is 12.6. The molecule has 1 aromatic heterocycles. The van der Waals surface area contributed by atoms with Gasteiger partial charge in [0.25, 0.3) is 5.91 Å². The Balaban J connectivity index is 1.40. The van der Waals surface area contributed by atoms with Gasteiger partial charge in [-0.05, 0) is 82.1 Å². The van der Waals surface area contributed by atoms with Crippen molar-refractivity contribution in [1.82, 2.24) is 10.3 Å². The average Bonchev–Trinajstić information content (AvgIpc) is 2.97. The van der Waals surface area contributed by atoms with Crippen LogP contribution in [-0.4, -0.2) is 39.3 Å². The molecule has 0 aliphatic heterocycles. The van der Waals surface area contributed by atoms with E-state index in [0.717, 1.165) is 57.9 Å². The Hall–Kier alpha value is -3.26. The van der Waals surface area contributed by atoms with Crippen molar-refractivity contribution < 1.29 is 19.5 Å². The third-order valence-corrected chi connectivity index (χ3v) is 9.75. The monoisotopic (exact) mass is 603 g/mol. The molecule has 0 saturated heterocycles. The van der Waals surface area contributed by atoms with Crippen LogP contribution in [0.1, 0.15) is 80.1 Å². The molecular weight excluding hydrogens is 570 g/mol. The van der Waals surface area contributed by atoms with Gasteiger partial charge in [0.1, 0.15) is 6.10 Å². The predicted molar refractivity (Wildman–Crippen MR) is 158 cm³/mol. The molecule has 8 heteroatoms. The lowest BCUT2D eigenvalue weighted by molar-refractivity contribution is -0.152. The van der Waals surface area contributed by atoms with Gasteiger partial charge in [-0.1, -0.05) is 57.8 Å². The summed E-state index contributed by atoms with van der Waals surface area (Å²) in [6.07, 6.45) is 7.75. The lowest BCUT2D eigenvalue weighted by atomic mass is 9.56. The fourth-order valence-electron chi connectivity index (χ4n) is 6.81. The van der Waals surface area contributed by atoms with Crippen LogP contribution < -0.4 is 5.32 Å². The SMILES string of the molecule is Cc1c(-c2ccccc2)nc2ccc(Br)cc2c1C(=O)NC12CCC(C(=O)O)(CC1)C/C2=N\OC1CCCCC1. The quantitative estimate of drug-likeness (QED) is 0.290. The second kappa shape index (κ2) is 10.6. The van der Waals surface area contributed by atoms with Crippen molar-refractivity contribution in [3.05, 3.63) is 64.1 Å². The first-order valence-electron chi connectivity index (χ1n) is 14.2. The van der Waals surface area contributed by atoms with Crippen molar-refractivity contribution in [3.8, 4) is 11.3 Å². The topological polar surface area (TPSA) is 101 Å². The second-order valence-electron chi connectivity index (χ2n) is 11.7. The average molecular weight is 605 g/mol. The number of carbonyl (C=O) groups excluding carboxylic acids is 1. The number of rotatable bonds is 6. The fourth-order valence-corrected chi connectivity index (χ4v) is 7.17. The molecule has 0 radical (unpaired) electrons. The van der Waals surface area contributed by atoms with Crippen molar-refractivity contribution in [2.45, 2.75) is 82.8 Å². The summed E-state index contributed by atoms with van der Waals surface area (Å²) in [5.74, 6) is -0.985. The highest BCUT2D eigenvalue weighted by atomic mass is 79.9. The van der Waals surface area contributed by atoms with E-state index in [2.05, 4.69) is 26.4 Å². The highest BCUT2D eigenvalue weighted by Crippen LogP contribution is 2.51. The zero-order valence-corrected chi connectivity index (χ0v) is 24.3. The number of carboxylic acids is 1. The zero-order chi connectivity index (χ0) is 27.9. The maximum Gasteiger partial charge on any atom is 0.310 e. The first-order chi connectivity index (χ1) is 19.3. The molecule has 7 nitrogen and oxygen atoms in total. The minimum atomic E-state index is -0.841. The molecule has 40 heavy (non-hydrogen) atoms. The normalized spacial score (nSPS) is 25.7. The molecule has 2 bridgehead atoms. The van der Waals surface area contributed by atoms with E-state index >= 15 is 0 Å². The number of benzene rings is 2. The molecule has 1 amide bonds. The minimum Gasteiger partial charge on any atom is -0.481 e. The Bertz CT molecular complexity index is 1490. The number of carbonyl (C=O) groups is 2. The number of pyridine rings is 1. The molecule has 4 aliphatic rings. The van der Waals surface area contributed by atoms with E-state index in [1.165, 1.54) is 6.42 Å². The first kappa shape index (κ1) is 26.9. The molecule has 0 spiro atoms. The summed E-state index contributed by atoms with van der Waals surface area (Å²) in [7, 11) is 0. The number of aliphatic carboxylic acids is 1. The van der Waals surface area contributed by atoms with Gasteiger partial charge in [-0.2, -0.15) is 0 Å². The van der Waals surface area contributed by atoms with E-state index in [0.29, 0.717) is 43.4 Å². The van der Waals surface area contributed by atoms with Gasteiger partial charge in [-0.3, -0.25) is 9.59 Å². The van der Waals surface area contributed by atoms with E-state index in [9.17, 15) is 14.7 Å². The van der Waals surface area contributed by atoms with E-state index in [1.807, 2.05) is 55.5 Å². The molecule has 2 aromatic carbocycles. The van der Waals surface area contributed by atoms with Gasteiger partial charge in [0.15, 0.2) is 0 Å². The van der Waals surface area contributed by atoms with Crippen LogP contribution in [0.5, 0.6) is 0 Å². The molecule has 4 aliphatic carbocycles. The van der Waals surface area contributed by atoms with Crippen LogP contribution in [0.2, 0.25) is 0 Å². The highest BCUT2D eigenvalue weighted by molar-refractivity contribution is 9.10. The predicted octanol–water partition coefficient (Wildman–Crippen LogP) is 7.20. The van der Waals surface area contributed by atoms with Crippen LogP contribution in [-0.2, 0) is 9.63 Å². The first-order valence-corrected chi connectivity index (χ1v) is 15.0. The zero-order valence-electron chi connectivity index (χ0n) is 22.7. The molecule has 208 valence electrons. The van der Waals surface area contributed by atoms with Gasteiger partial charge >= 0.3 is 5.97 Å². The third kappa shape index (κ3) is 4.80. The molecule has 0 unspecified atom stereocenters. The molecule has 0 atom stereocenters. The summed E-state index contributed by atoms with van der Waals surface area (Å²) in [5, 5.41) is 18.9. The standard InChI is InChI=1S/C32H34BrN3O4/c1-20-27(24-18-22(33)12-13-25(24)34-28(20)21-8-4-2-5-9-21)29(37)35-32-16-14-31(15-17-32,30(38)39)19-26(32)36-40-23-10-6-3-7-11-23/h2,4-5,8-9,12-13,18,23H,3,6-7,10-11,14-17,19H2,1H3,(H,35,37)(H,38,39)/b36-26+. The van der Waals surface area contributed by atoms with E-state index in [4.69, 9.17) is 9.82 Å². The molecule has 4 saturated carbocycles. The molecule has 7 rings (SSSR count). The minimum absolute atomic E-state index is 0.0485. The summed E-state index contributed by atoms with van der Waals surface area (Å²) < 4.78 is 0.866. The third-order valence-electron chi connectivity index (χ3n) is 9.25. The van der Waals surface area contributed by atoms with Crippen LogP contribution in [0.15, 0.2) is 58.2 Å². The van der Waals surface area contributed by atoms with Gasteiger partial charge in [-0.15, -0.1) is 0 Å². The lowest BCUT2D eigenvalue weighted by Crippen LogP contribution is -2.64. The number of aromatic nitrogens is 1. The number of halogens is 1. The molecule has 2 N–H and O–H groups in total. The van der Waals surface area contributed by atoms with Gasteiger partial charge in [-0.25, -0.2) is 4.98 Å². The summed E-state index contributed by atoms with van der Waals surface area (Å²) in [6, 6.07) is 15.7. The maximum absolute atomic E-state index is 14.3. The summed E-state index contributed by atoms with van der Waals surface area (Å²) in [6.45, 7) is 1.95.